The molecule has 0 bridgehead atoms. The van der Waals surface area contributed by atoms with Gasteiger partial charge in [0, 0.05) is 12.7 Å². The topological polar surface area (TPSA) is 77.3 Å². The van der Waals surface area contributed by atoms with Gasteiger partial charge in [-0.05, 0) is 26.8 Å². The number of aryl methyl sites for hydroxylation is 1. The van der Waals surface area contributed by atoms with Crippen molar-refractivity contribution < 1.29 is 13.9 Å². The quantitative estimate of drug-likeness (QED) is 0.577. The number of carbonyl (C=O) groups is 1. The van der Waals surface area contributed by atoms with E-state index in [1.807, 2.05) is 13.8 Å². The SMILES string of the molecule is CCNC(C)(CCSc1nnc(C)o1)C(=O)OCC. The Bertz CT molecular complexity index is 411. The van der Waals surface area contributed by atoms with Gasteiger partial charge in [-0.1, -0.05) is 18.7 Å². The highest BCUT2D eigenvalue weighted by molar-refractivity contribution is 7.99. The molecule has 0 aliphatic carbocycles. The van der Waals surface area contributed by atoms with Crippen molar-refractivity contribution >= 4 is 17.7 Å². The molecule has 0 saturated carbocycles. The van der Waals surface area contributed by atoms with E-state index in [1.165, 1.54) is 11.8 Å². The summed E-state index contributed by atoms with van der Waals surface area (Å²) in [7, 11) is 0. The molecule has 0 aliphatic heterocycles. The van der Waals surface area contributed by atoms with E-state index in [0.29, 0.717) is 36.4 Å². The number of ether oxygens (including phenoxy) is 1. The second-order valence-corrected chi connectivity index (χ2v) is 5.31. The minimum Gasteiger partial charge on any atom is -0.465 e. The van der Waals surface area contributed by atoms with E-state index in [0.717, 1.165) is 0 Å². The highest BCUT2D eigenvalue weighted by atomic mass is 32.2. The monoisotopic (exact) mass is 287 g/mol. The largest absolute Gasteiger partial charge is 0.465 e. The maximum Gasteiger partial charge on any atom is 0.326 e. The number of nitrogens with zero attached hydrogens (tertiary/aromatic N) is 2. The molecule has 1 rings (SSSR count). The number of hydrogen-bond acceptors (Lipinski definition) is 7. The average Bonchev–Trinajstić information content (AvgIpc) is 2.76. The molecule has 6 nitrogen and oxygen atoms in total. The lowest BCUT2D eigenvalue weighted by Gasteiger charge is -2.27. The summed E-state index contributed by atoms with van der Waals surface area (Å²) in [5.74, 6) is 1.02. The zero-order chi connectivity index (χ0) is 14.3. The standard InChI is InChI=1S/C12H21N3O3S/c1-5-13-12(4,10(16)17-6-2)7-8-19-11-15-14-9(3)18-11/h13H,5-8H2,1-4H3. The van der Waals surface area contributed by atoms with E-state index in [9.17, 15) is 4.79 Å². The number of nitrogens with one attached hydrogen (secondary N) is 1. The predicted octanol–water partition coefficient (Wildman–Crippen LogP) is 1.79. The fourth-order valence-corrected chi connectivity index (χ4v) is 2.59. The molecule has 1 N–H and O–H groups in total. The molecule has 7 heteroatoms. The molecule has 1 aromatic rings. The molecule has 0 fully saturated rings. The van der Waals surface area contributed by atoms with Crippen LogP contribution in [0.25, 0.3) is 0 Å². The number of aromatic nitrogens is 2. The summed E-state index contributed by atoms with van der Waals surface area (Å²) in [6.45, 7) is 8.47. The number of hydrogen-bond donors (Lipinski definition) is 1. The number of carbonyl (C=O) groups excluding carboxylic acids is 1. The maximum absolute atomic E-state index is 12.0. The van der Waals surface area contributed by atoms with Gasteiger partial charge in [0.05, 0.1) is 6.61 Å². The second-order valence-electron chi connectivity index (χ2n) is 4.27. The predicted molar refractivity (Wildman–Crippen MR) is 73.1 cm³/mol. The zero-order valence-electron chi connectivity index (χ0n) is 11.9. The van der Waals surface area contributed by atoms with Crippen molar-refractivity contribution in [2.75, 3.05) is 18.9 Å². The molecule has 0 amide bonds. The molecule has 1 atom stereocenters. The van der Waals surface area contributed by atoms with Gasteiger partial charge in [-0.25, -0.2) is 0 Å². The summed E-state index contributed by atoms with van der Waals surface area (Å²) in [6.07, 6.45) is 0.631. The van der Waals surface area contributed by atoms with Gasteiger partial charge in [-0.3, -0.25) is 4.79 Å². The van der Waals surface area contributed by atoms with Gasteiger partial charge < -0.3 is 14.5 Å². The maximum atomic E-state index is 12.0. The third-order valence-electron chi connectivity index (χ3n) is 2.63. The Kier molecular flexibility index (Phi) is 6.30. The van der Waals surface area contributed by atoms with E-state index in [2.05, 4.69) is 15.5 Å². The Balaban J connectivity index is 2.51. The molecular formula is C12H21N3O3S. The van der Waals surface area contributed by atoms with Crippen molar-refractivity contribution in [1.29, 1.82) is 0 Å². The lowest BCUT2D eigenvalue weighted by Crippen LogP contribution is -2.50. The molecule has 1 heterocycles. The van der Waals surface area contributed by atoms with Crippen molar-refractivity contribution in [2.45, 2.75) is 44.9 Å². The van der Waals surface area contributed by atoms with Crippen LogP contribution in [0.4, 0.5) is 0 Å². The molecule has 1 aromatic heterocycles. The van der Waals surface area contributed by atoms with Crippen molar-refractivity contribution in [3.05, 3.63) is 5.89 Å². The number of thioether (sulfide) groups is 1. The first-order valence-electron chi connectivity index (χ1n) is 6.37. The van der Waals surface area contributed by atoms with Gasteiger partial charge in [0.1, 0.15) is 5.54 Å². The molecule has 0 aliphatic rings. The van der Waals surface area contributed by atoms with Crippen LogP contribution in [0.1, 0.15) is 33.1 Å². The van der Waals surface area contributed by atoms with Gasteiger partial charge in [-0.2, -0.15) is 0 Å². The smallest absolute Gasteiger partial charge is 0.326 e. The van der Waals surface area contributed by atoms with Crippen molar-refractivity contribution in [3.63, 3.8) is 0 Å². The van der Waals surface area contributed by atoms with Crippen molar-refractivity contribution in [3.8, 4) is 0 Å². The Morgan fingerprint density at radius 2 is 2.21 bits per heavy atom. The van der Waals surface area contributed by atoms with Gasteiger partial charge in [0.25, 0.3) is 5.22 Å². The minimum absolute atomic E-state index is 0.223. The van der Waals surface area contributed by atoms with E-state index >= 15 is 0 Å². The third-order valence-corrected chi connectivity index (χ3v) is 3.45. The summed E-state index contributed by atoms with van der Waals surface area (Å²) in [6, 6.07) is 0. The average molecular weight is 287 g/mol. The van der Waals surface area contributed by atoms with E-state index in [4.69, 9.17) is 9.15 Å². The number of likely N-dealkylation sites (N-methyl/N-ethyl adjacent to an activating group) is 1. The number of esters is 1. The molecule has 108 valence electrons. The van der Waals surface area contributed by atoms with Gasteiger partial charge in [0.15, 0.2) is 0 Å². The van der Waals surface area contributed by atoms with Crippen LogP contribution in [0.2, 0.25) is 0 Å². The first kappa shape index (κ1) is 16.0. The Labute approximate surface area is 117 Å². The zero-order valence-corrected chi connectivity index (χ0v) is 12.7. The molecule has 1 unspecified atom stereocenters. The molecule has 0 spiro atoms. The molecule has 0 saturated heterocycles. The second kappa shape index (κ2) is 7.49. The first-order chi connectivity index (χ1) is 9.01. The first-order valence-corrected chi connectivity index (χ1v) is 7.35. The van der Waals surface area contributed by atoms with Crippen LogP contribution in [0.3, 0.4) is 0 Å². The van der Waals surface area contributed by atoms with E-state index in [1.54, 1.807) is 13.8 Å². The molecule has 0 radical (unpaired) electrons. The number of rotatable bonds is 8. The Morgan fingerprint density at radius 3 is 2.74 bits per heavy atom. The van der Waals surface area contributed by atoms with Crippen molar-refractivity contribution in [1.82, 2.24) is 15.5 Å². The minimum atomic E-state index is -0.674. The summed E-state index contributed by atoms with van der Waals surface area (Å²) in [5, 5.41) is 11.4. The van der Waals surface area contributed by atoms with Crippen molar-refractivity contribution in [2.24, 2.45) is 0 Å². The van der Waals surface area contributed by atoms with E-state index < -0.39 is 5.54 Å². The van der Waals surface area contributed by atoms with E-state index in [-0.39, 0.29) is 5.97 Å². The molecular weight excluding hydrogens is 266 g/mol. The van der Waals surface area contributed by atoms with Crippen LogP contribution in [0.5, 0.6) is 0 Å². The Morgan fingerprint density at radius 1 is 1.47 bits per heavy atom. The van der Waals surface area contributed by atoms with Crippen LogP contribution in [-0.4, -0.2) is 40.6 Å². The normalized spacial score (nSPS) is 14.1. The fourth-order valence-electron chi connectivity index (χ4n) is 1.62. The molecule has 0 aromatic carbocycles. The van der Waals surface area contributed by atoms with Crippen LogP contribution in [0, 0.1) is 6.92 Å². The lowest BCUT2D eigenvalue weighted by molar-refractivity contribution is -0.150. The summed E-state index contributed by atoms with van der Waals surface area (Å²) < 4.78 is 10.4. The van der Waals surface area contributed by atoms with Gasteiger partial charge >= 0.3 is 5.97 Å². The highest BCUT2D eigenvalue weighted by Crippen LogP contribution is 2.21. The van der Waals surface area contributed by atoms with Crippen LogP contribution >= 0.6 is 11.8 Å². The third kappa shape index (κ3) is 4.83. The van der Waals surface area contributed by atoms with Gasteiger partial charge in [-0.15, -0.1) is 10.2 Å². The Hall–Kier alpha value is -1.08. The summed E-state index contributed by atoms with van der Waals surface area (Å²) in [5.41, 5.74) is -0.674. The lowest BCUT2D eigenvalue weighted by atomic mass is 9.99. The fraction of sp³-hybridized carbons (Fsp3) is 0.750. The van der Waals surface area contributed by atoms with Crippen LogP contribution < -0.4 is 5.32 Å². The highest BCUT2D eigenvalue weighted by Gasteiger charge is 2.33. The molecule has 19 heavy (non-hydrogen) atoms. The van der Waals surface area contributed by atoms with Crippen LogP contribution in [-0.2, 0) is 9.53 Å². The summed E-state index contributed by atoms with van der Waals surface area (Å²) in [4.78, 5) is 12.0. The van der Waals surface area contributed by atoms with Crippen LogP contribution in [0.15, 0.2) is 9.64 Å². The van der Waals surface area contributed by atoms with Gasteiger partial charge in [0.2, 0.25) is 5.89 Å². The summed E-state index contributed by atoms with van der Waals surface area (Å²) >= 11 is 1.44.